The second-order valence-electron chi connectivity index (χ2n) is 5.68. The van der Waals surface area contributed by atoms with Gasteiger partial charge < -0.3 is 10.2 Å². The molecule has 0 fully saturated rings. The van der Waals surface area contributed by atoms with Crippen LogP contribution >= 0.6 is 15.9 Å². The molecule has 22 heavy (non-hydrogen) atoms. The summed E-state index contributed by atoms with van der Waals surface area (Å²) in [6.45, 7) is 2.01. The molecule has 118 valence electrons. The summed E-state index contributed by atoms with van der Waals surface area (Å²) in [6.07, 6.45) is 6.73. The lowest BCUT2D eigenvalue weighted by Crippen LogP contribution is -2.38. The summed E-state index contributed by atoms with van der Waals surface area (Å²) < 4.78 is 0.973. The van der Waals surface area contributed by atoms with Gasteiger partial charge in [-0.15, -0.1) is 0 Å². The fourth-order valence-electron chi connectivity index (χ4n) is 2.58. The average Bonchev–Trinajstić information content (AvgIpc) is 2.50. The number of anilines is 1. The van der Waals surface area contributed by atoms with Crippen LogP contribution in [-0.2, 0) is 9.59 Å². The fraction of sp³-hybridized carbons (Fsp3) is 0.412. The Kier molecular flexibility index (Phi) is 5.77. The number of halogens is 1. The third kappa shape index (κ3) is 4.44. The van der Waals surface area contributed by atoms with Crippen LogP contribution in [0.1, 0.15) is 24.8 Å². The van der Waals surface area contributed by atoms with E-state index in [0.29, 0.717) is 0 Å². The van der Waals surface area contributed by atoms with Gasteiger partial charge in [0.15, 0.2) is 0 Å². The summed E-state index contributed by atoms with van der Waals surface area (Å²) >= 11 is 3.39. The Labute approximate surface area is 139 Å². The number of hydrogen-bond acceptors (Lipinski definition) is 2. The van der Waals surface area contributed by atoms with Gasteiger partial charge in [-0.1, -0.05) is 28.1 Å². The number of carbonyl (C=O) groups is 2. The highest BCUT2D eigenvalue weighted by Crippen LogP contribution is 2.21. The standard InChI is InChI=1S/C17H21BrN2O2/c1-12-10-14(18)8-9-15(12)19-16(21)11-20(2)17(22)13-6-4-3-5-7-13/h3-4,8-10,13H,5-7,11H2,1-2H3,(H,19,21)/t13-/m0/s1. The van der Waals surface area contributed by atoms with Gasteiger partial charge in [-0.3, -0.25) is 9.59 Å². The van der Waals surface area contributed by atoms with Gasteiger partial charge in [0, 0.05) is 23.1 Å². The maximum Gasteiger partial charge on any atom is 0.243 e. The number of benzene rings is 1. The van der Waals surface area contributed by atoms with Crippen LogP contribution < -0.4 is 5.32 Å². The number of rotatable bonds is 4. The lowest BCUT2D eigenvalue weighted by molar-refractivity contribution is -0.137. The molecule has 0 radical (unpaired) electrons. The SMILES string of the molecule is Cc1cc(Br)ccc1NC(=O)CN(C)C(=O)[C@H]1CC=CCC1. The highest BCUT2D eigenvalue weighted by molar-refractivity contribution is 9.10. The van der Waals surface area contributed by atoms with E-state index < -0.39 is 0 Å². The Morgan fingerprint density at radius 3 is 2.77 bits per heavy atom. The molecule has 1 N–H and O–H groups in total. The Bertz CT molecular complexity index is 598. The van der Waals surface area contributed by atoms with Crippen LogP contribution in [0.4, 0.5) is 5.69 Å². The Hall–Kier alpha value is -1.62. The molecular weight excluding hydrogens is 344 g/mol. The number of nitrogens with zero attached hydrogens (tertiary/aromatic N) is 1. The summed E-state index contributed by atoms with van der Waals surface area (Å²) in [5.41, 5.74) is 1.75. The van der Waals surface area contributed by atoms with E-state index >= 15 is 0 Å². The van der Waals surface area contributed by atoms with E-state index in [2.05, 4.69) is 27.3 Å². The Morgan fingerprint density at radius 1 is 1.36 bits per heavy atom. The molecule has 0 aliphatic heterocycles. The third-order valence-corrected chi connectivity index (χ3v) is 4.33. The molecule has 0 heterocycles. The van der Waals surface area contributed by atoms with E-state index in [9.17, 15) is 9.59 Å². The fourth-order valence-corrected chi connectivity index (χ4v) is 3.06. The van der Waals surface area contributed by atoms with Crippen molar-refractivity contribution < 1.29 is 9.59 Å². The van der Waals surface area contributed by atoms with Gasteiger partial charge in [0.2, 0.25) is 11.8 Å². The monoisotopic (exact) mass is 364 g/mol. The number of allylic oxidation sites excluding steroid dienone is 2. The number of carbonyl (C=O) groups excluding carboxylic acids is 2. The second kappa shape index (κ2) is 7.58. The third-order valence-electron chi connectivity index (χ3n) is 3.84. The van der Waals surface area contributed by atoms with Gasteiger partial charge in [-0.2, -0.15) is 0 Å². The van der Waals surface area contributed by atoms with E-state index in [-0.39, 0.29) is 24.3 Å². The van der Waals surface area contributed by atoms with E-state index in [1.807, 2.05) is 31.2 Å². The molecule has 1 aliphatic rings. The van der Waals surface area contributed by atoms with Crippen LogP contribution in [0.3, 0.4) is 0 Å². The van der Waals surface area contributed by atoms with Gasteiger partial charge in [0.1, 0.15) is 0 Å². The van der Waals surface area contributed by atoms with Crippen molar-refractivity contribution in [3.8, 4) is 0 Å². The molecule has 1 aromatic carbocycles. The van der Waals surface area contributed by atoms with Gasteiger partial charge in [-0.05, 0) is 49.9 Å². The van der Waals surface area contributed by atoms with Gasteiger partial charge >= 0.3 is 0 Å². The van der Waals surface area contributed by atoms with Crippen LogP contribution in [0.2, 0.25) is 0 Å². The number of amides is 2. The topological polar surface area (TPSA) is 49.4 Å². The molecule has 0 unspecified atom stereocenters. The molecule has 1 atom stereocenters. The number of aryl methyl sites for hydroxylation is 1. The van der Waals surface area contributed by atoms with Crippen molar-refractivity contribution in [2.45, 2.75) is 26.2 Å². The van der Waals surface area contributed by atoms with Crippen molar-refractivity contribution in [2.24, 2.45) is 5.92 Å². The van der Waals surface area contributed by atoms with Crippen molar-refractivity contribution in [1.29, 1.82) is 0 Å². The van der Waals surface area contributed by atoms with Gasteiger partial charge in [0.05, 0.1) is 6.54 Å². The Balaban J connectivity index is 1.90. The highest BCUT2D eigenvalue weighted by atomic mass is 79.9. The molecule has 2 rings (SSSR count). The first-order valence-electron chi connectivity index (χ1n) is 7.43. The first-order chi connectivity index (χ1) is 10.5. The predicted molar refractivity (Wildman–Crippen MR) is 91.6 cm³/mol. The van der Waals surface area contributed by atoms with Crippen LogP contribution in [0.15, 0.2) is 34.8 Å². The molecule has 0 spiro atoms. The first kappa shape index (κ1) is 16.7. The zero-order chi connectivity index (χ0) is 16.1. The van der Waals surface area contributed by atoms with E-state index in [4.69, 9.17) is 0 Å². The zero-order valence-corrected chi connectivity index (χ0v) is 14.5. The van der Waals surface area contributed by atoms with Crippen molar-refractivity contribution in [3.63, 3.8) is 0 Å². The van der Waals surface area contributed by atoms with E-state index in [0.717, 1.165) is 35.0 Å². The van der Waals surface area contributed by atoms with Crippen LogP contribution in [0.5, 0.6) is 0 Å². The van der Waals surface area contributed by atoms with Crippen LogP contribution in [0.25, 0.3) is 0 Å². The minimum absolute atomic E-state index is 0.0113. The molecule has 4 nitrogen and oxygen atoms in total. The minimum Gasteiger partial charge on any atom is -0.336 e. The second-order valence-corrected chi connectivity index (χ2v) is 6.60. The molecule has 1 aliphatic carbocycles. The average molecular weight is 365 g/mol. The quantitative estimate of drug-likeness (QED) is 0.831. The van der Waals surface area contributed by atoms with E-state index in [1.165, 1.54) is 4.90 Å². The molecule has 0 bridgehead atoms. The molecule has 0 aromatic heterocycles. The summed E-state index contributed by atoms with van der Waals surface area (Å²) in [5.74, 6) is -0.114. The van der Waals surface area contributed by atoms with Gasteiger partial charge in [0.25, 0.3) is 0 Å². The summed E-state index contributed by atoms with van der Waals surface area (Å²) in [6, 6.07) is 5.68. The molecule has 2 amide bonds. The summed E-state index contributed by atoms with van der Waals surface area (Å²) in [4.78, 5) is 25.9. The summed E-state index contributed by atoms with van der Waals surface area (Å²) in [7, 11) is 1.69. The van der Waals surface area contributed by atoms with Crippen molar-refractivity contribution in [1.82, 2.24) is 4.90 Å². The largest absolute Gasteiger partial charge is 0.336 e. The molecular formula is C17H21BrN2O2. The lowest BCUT2D eigenvalue weighted by atomic mass is 9.93. The van der Waals surface area contributed by atoms with Crippen molar-refractivity contribution in [3.05, 3.63) is 40.4 Å². The van der Waals surface area contributed by atoms with Gasteiger partial charge in [-0.25, -0.2) is 0 Å². The molecule has 1 aromatic rings. The van der Waals surface area contributed by atoms with Crippen molar-refractivity contribution in [2.75, 3.05) is 18.9 Å². The van der Waals surface area contributed by atoms with E-state index in [1.54, 1.807) is 7.05 Å². The normalized spacial score (nSPS) is 17.1. The Morgan fingerprint density at radius 2 is 2.14 bits per heavy atom. The number of likely N-dealkylation sites (N-methyl/N-ethyl adjacent to an activating group) is 1. The smallest absolute Gasteiger partial charge is 0.243 e. The number of hydrogen-bond donors (Lipinski definition) is 1. The predicted octanol–water partition coefficient (Wildman–Crippen LogP) is 3.51. The maximum absolute atomic E-state index is 12.3. The number of nitrogens with one attached hydrogen (secondary N) is 1. The zero-order valence-electron chi connectivity index (χ0n) is 12.9. The minimum atomic E-state index is -0.173. The van der Waals surface area contributed by atoms with Crippen LogP contribution in [-0.4, -0.2) is 30.3 Å². The molecule has 0 saturated carbocycles. The molecule has 0 saturated heterocycles. The maximum atomic E-state index is 12.3. The first-order valence-corrected chi connectivity index (χ1v) is 8.22. The lowest BCUT2D eigenvalue weighted by Gasteiger charge is -2.24. The molecule has 5 heteroatoms. The van der Waals surface area contributed by atoms with Crippen molar-refractivity contribution >= 4 is 33.4 Å². The summed E-state index contributed by atoms with van der Waals surface area (Å²) in [5, 5.41) is 2.86. The highest BCUT2D eigenvalue weighted by Gasteiger charge is 2.23. The van der Waals surface area contributed by atoms with Crippen LogP contribution in [0, 0.1) is 12.8 Å².